The van der Waals surface area contributed by atoms with Crippen molar-refractivity contribution in [2.75, 3.05) is 6.61 Å². The Morgan fingerprint density at radius 3 is 2.66 bits per heavy atom. The molecule has 1 unspecified atom stereocenters. The second kappa shape index (κ2) is 7.10. The van der Waals surface area contributed by atoms with E-state index < -0.39 is 0 Å². The van der Waals surface area contributed by atoms with Crippen molar-refractivity contribution in [3.05, 3.63) is 90.2 Å². The summed E-state index contributed by atoms with van der Waals surface area (Å²) in [5.74, 6) is 1.49. The average molecular weight is 441 g/mol. The van der Waals surface area contributed by atoms with E-state index in [4.69, 9.17) is 14.7 Å². The molecule has 0 spiro atoms. The van der Waals surface area contributed by atoms with Crippen LogP contribution in [0.2, 0.25) is 0 Å². The first-order valence-electron chi connectivity index (χ1n) is 9.45. The summed E-state index contributed by atoms with van der Waals surface area (Å²) in [7, 11) is 0. The van der Waals surface area contributed by atoms with Gasteiger partial charge >= 0.3 is 178 Å². The van der Waals surface area contributed by atoms with Crippen LogP contribution in [0.5, 0.6) is 0 Å². The fourth-order valence-corrected chi connectivity index (χ4v) is 4.31. The molecule has 2 radical (unpaired) electrons. The average Bonchev–Trinajstić information content (AvgIpc) is 3.06. The van der Waals surface area contributed by atoms with Crippen LogP contribution in [0.4, 0.5) is 0 Å². The molecule has 0 amide bonds. The summed E-state index contributed by atoms with van der Waals surface area (Å²) in [5, 5.41) is 1.10. The van der Waals surface area contributed by atoms with E-state index in [1.807, 2.05) is 37.5 Å². The van der Waals surface area contributed by atoms with Crippen molar-refractivity contribution in [1.82, 2.24) is 4.98 Å². The number of aliphatic imine (C=N–C) groups is 2. The molecule has 0 bridgehead atoms. The molecule has 5 rings (SSSR count). The molecule has 6 heteroatoms. The third-order valence-corrected chi connectivity index (χ3v) is 6.11. The Hall–Kier alpha value is -3.01. The van der Waals surface area contributed by atoms with E-state index in [-0.39, 0.29) is 0 Å². The van der Waals surface area contributed by atoms with Crippen LogP contribution in [0, 0.1) is 0 Å². The van der Waals surface area contributed by atoms with Gasteiger partial charge in [-0.05, 0) is 0 Å². The molecule has 0 saturated heterocycles. The second-order valence-electron chi connectivity index (χ2n) is 6.79. The molecule has 2 aliphatic rings. The summed E-state index contributed by atoms with van der Waals surface area (Å²) in [6.45, 7) is 2.51. The Morgan fingerprint density at radius 1 is 1.00 bits per heavy atom. The molecule has 3 aromatic rings. The normalized spacial score (nSPS) is 20.1. The van der Waals surface area contributed by atoms with E-state index in [2.05, 4.69) is 64.5 Å². The molecule has 0 aliphatic carbocycles. The molecular formula is C23H18AsN4O+. The summed E-state index contributed by atoms with van der Waals surface area (Å²) in [4.78, 5) is 14.0. The Bertz CT molecular complexity index is 1230. The maximum atomic E-state index is 5.78. The monoisotopic (exact) mass is 441 g/mol. The molecule has 2 aliphatic heterocycles. The zero-order chi connectivity index (χ0) is 19.8. The molecule has 1 atom stereocenters. The van der Waals surface area contributed by atoms with Crippen LogP contribution in [-0.2, 0) is 4.74 Å². The van der Waals surface area contributed by atoms with Gasteiger partial charge in [0.1, 0.15) is 0 Å². The predicted molar refractivity (Wildman–Crippen MR) is 116 cm³/mol. The summed E-state index contributed by atoms with van der Waals surface area (Å²) in [6.07, 6.45) is 5.60. The van der Waals surface area contributed by atoms with E-state index in [0.29, 0.717) is 15.9 Å². The molecule has 29 heavy (non-hydrogen) atoms. The van der Waals surface area contributed by atoms with Gasteiger partial charge in [0.2, 0.25) is 0 Å². The minimum atomic E-state index is 0.371. The van der Waals surface area contributed by atoms with Gasteiger partial charge in [0, 0.05) is 0 Å². The number of nitrogens with zero attached hydrogens (tertiary/aromatic N) is 4. The second-order valence-corrected chi connectivity index (χ2v) is 8.11. The minimum absolute atomic E-state index is 0.371. The Balaban J connectivity index is 1.61. The van der Waals surface area contributed by atoms with Crippen molar-refractivity contribution < 1.29 is 8.14 Å². The van der Waals surface area contributed by atoms with Gasteiger partial charge in [0.25, 0.3) is 0 Å². The van der Waals surface area contributed by atoms with Crippen LogP contribution in [0.25, 0.3) is 22.2 Å². The van der Waals surface area contributed by atoms with Gasteiger partial charge in [0.05, 0.1) is 0 Å². The van der Waals surface area contributed by atoms with Crippen molar-refractivity contribution in [3.8, 4) is 11.3 Å². The fourth-order valence-electron chi connectivity index (χ4n) is 3.56. The van der Waals surface area contributed by atoms with Gasteiger partial charge < -0.3 is 0 Å². The number of hydrogen-bond acceptors (Lipinski definition) is 4. The number of aromatic nitrogens is 1. The van der Waals surface area contributed by atoms with Crippen molar-refractivity contribution in [3.63, 3.8) is 0 Å². The summed E-state index contributed by atoms with van der Waals surface area (Å²) in [5.41, 5.74) is 4.91. The van der Waals surface area contributed by atoms with Crippen LogP contribution < -0.4 is 0 Å². The quantitative estimate of drug-likeness (QED) is 0.566. The molecular weight excluding hydrogens is 423 g/mol. The van der Waals surface area contributed by atoms with E-state index >= 15 is 0 Å². The van der Waals surface area contributed by atoms with E-state index in [0.717, 1.165) is 39.3 Å². The molecule has 0 N–H and O–H groups in total. The molecule has 3 heterocycles. The van der Waals surface area contributed by atoms with E-state index in [1.165, 1.54) is 0 Å². The molecule has 140 valence electrons. The van der Waals surface area contributed by atoms with Gasteiger partial charge in [-0.1, -0.05) is 0 Å². The van der Waals surface area contributed by atoms with Gasteiger partial charge in [0.15, 0.2) is 0 Å². The van der Waals surface area contributed by atoms with Gasteiger partial charge in [-0.15, -0.1) is 0 Å². The number of allylic oxidation sites excluding steroid dienone is 1. The standard InChI is InChI=1S/C23H18AsN4O/c1-2-29-23-21-15-25-12-13-28(21,24)22(27-23)18-9-8-17-10-11-19(26-20(17)14-18)16-6-4-3-5-7-16/h3-15H,2H2,1H3/q+1. The Labute approximate surface area is 178 Å². The number of rotatable bonds is 4. The summed E-state index contributed by atoms with van der Waals surface area (Å²) >= 11 is 2.67. The van der Waals surface area contributed by atoms with Crippen molar-refractivity contribution in [2.45, 2.75) is 6.92 Å². The van der Waals surface area contributed by atoms with Crippen molar-refractivity contribution in [1.29, 1.82) is 0 Å². The van der Waals surface area contributed by atoms with Crippen LogP contribution in [0.1, 0.15) is 12.5 Å². The number of fused-ring (bicyclic) bond motifs is 2. The van der Waals surface area contributed by atoms with E-state index in [1.54, 1.807) is 6.20 Å². The van der Waals surface area contributed by atoms with Gasteiger partial charge in [-0.2, -0.15) is 0 Å². The topological polar surface area (TPSA) is 46.8 Å². The third-order valence-electron chi connectivity index (χ3n) is 4.98. The van der Waals surface area contributed by atoms with Crippen LogP contribution >= 0.6 is 0 Å². The first-order valence-corrected chi connectivity index (χ1v) is 10.3. The molecule has 2 aromatic carbocycles. The predicted octanol–water partition coefficient (Wildman–Crippen LogP) is 4.32. The van der Waals surface area contributed by atoms with Crippen molar-refractivity contribution in [2.24, 2.45) is 9.98 Å². The zero-order valence-corrected chi connectivity index (χ0v) is 17.7. The molecule has 1 aromatic heterocycles. The van der Waals surface area contributed by atoms with Gasteiger partial charge in [-0.25, -0.2) is 0 Å². The van der Waals surface area contributed by atoms with Crippen LogP contribution in [0.15, 0.2) is 94.6 Å². The first-order chi connectivity index (χ1) is 14.2. The number of benzene rings is 2. The molecule has 0 fully saturated rings. The maximum absolute atomic E-state index is 5.78. The fraction of sp³-hybridized carbons (Fsp3) is 0.0870. The number of quaternary nitrogens is 1. The van der Waals surface area contributed by atoms with Crippen LogP contribution in [0.3, 0.4) is 0 Å². The first kappa shape index (κ1) is 18.0. The Kier molecular flexibility index (Phi) is 4.42. The number of pyridine rings is 1. The number of ether oxygens (including phenoxy) is 1. The van der Waals surface area contributed by atoms with Gasteiger partial charge in [-0.3, -0.25) is 0 Å². The summed E-state index contributed by atoms with van der Waals surface area (Å²) < 4.78 is 6.15. The Morgan fingerprint density at radius 2 is 1.83 bits per heavy atom. The van der Waals surface area contributed by atoms with Crippen LogP contribution in [-0.4, -0.2) is 44.1 Å². The summed E-state index contributed by atoms with van der Waals surface area (Å²) in [6, 6.07) is 20.7. The van der Waals surface area contributed by atoms with Crippen molar-refractivity contribution >= 4 is 40.0 Å². The SMILES string of the molecule is CCOC1=C2C=NC=C[N+]2([As])C(c2ccc3ccc(-c4ccccc4)nc3c2)=N1. The number of hydrogen-bond donors (Lipinski definition) is 0. The third kappa shape index (κ3) is 3.03. The molecule has 0 saturated carbocycles. The zero-order valence-electron chi connectivity index (χ0n) is 15.9. The van der Waals surface area contributed by atoms with E-state index in [9.17, 15) is 0 Å². The number of amidine groups is 1. The molecule has 5 nitrogen and oxygen atoms in total.